The lowest BCUT2D eigenvalue weighted by Gasteiger charge is -2.28. The van der Waals surface area contributed by atoms with Crippen molar-refractivity contribution in [2.24, 2.45) is 12.5 Å². The summed E-state index contributed by atoms with van der Waals surface area (Å²) in [4.78, 5) is 0. The van der Waals surface area contributed by atoms with Crippen LogP contribution in [0.15, 0.2) is 12.3 Å². The highest BCUT2D eigenvalue weighted by Gasteiger charge is 2.20. The summed E-state index contributed by atoms with van der Waals surface area (Å²) in [5.74, 6) is 0. The van der Waals surface area contributed by atoms with Crippen LogP contribution in [0.4, 0.5) is 0 Å². The van der Waals surface area contributed by atoms with Crippen molar-refractivity contribution in [3.8, 4) is 0 Å². The van der Waals surface area contributed by atoms with E-state index >= 15 is 0 Å². The van der Waals surface area contributed by atoms with E-state index in [1.807, 2.05) is 25.0 Å². The molecule has 0 amide bonds. The van der Waals surface area contributed by atoms with Crippen molar-refractivity contribution in [2.75, 3.05) is 7.05 Å². The van der Waals surface area contributed by atoms with Crippen LogP contribution in [0.25, 0.3) is 0 Å². The van der Waals surface area contributed by atoms with Gasteiger partial charge in [0.25, 0.3) is 0 Å². The molecule has 3 heteroatoms. The molecule has 0 saturated heterocycles. The van der Waals surface area contributed by atoms with Crippen LogP contribution >= 0.6 is 0 Å². The zero-order chi connectivity index (χ0) is 12.2. The van der Waals surface area contributed by atoms with Crippen molar-refractivity contribution in [1.29, 1.82) is 0 Å². The summed E-state index contributed by atoms with van der Waals surface area (Å²) in [6.07, 6.45) is 5.40. The van der Waals surface area contributed by atoms with Crippen LogP contribution in [-0.2, 0) is 13.5 Å². The van der Waals surface area contributed by atoms with Gasteiger partial charge in [-0.25, -0.2) is 0 Å². The largest absolute Gasteiger partial charge is 0.317 e. The smallest absolute Gasteiger partial charge is 0.0492 e. The zero-order valence-corrected chi connectivity index (χ0v) is 11.2. The fourth-order valence-electron chi connectivity index (χ4n) is 2.15. The van der Waals surface area contributed by atoms with Gasteiger partial charge in [-0.15, -0.1) is 0 Å². The molecule has 0 radical (unpaired) electrons. The molecule has 0 aromatic carbocycles. The summed E-state index contributed by atoms with van der Waals surface area (Å²) in [5.41, 5.74) is 1.71. The third-order valence-corrected chi connectivity index (χ3v) is 3.33. The van der Waals surface area contributed by atoms with Crippen molar-refractivity contribution >= 4 is 0 Å². The van der Waals surface area contributed by atoms with Crippen LogP contribution in [0.3, 0.4) is 0 Å². The van der Waals surface area contributed by atoms with Gasteiger partial charge < -0.3 is 5.32 Å². The minimum absolute atomic E-state index is 0.382. The van der Waals surface area contributed by atoms with Crippen LogP contribution < -0.4 is 5.32 Å². The molecule has 1 aromatic rings. The Labute approximate surface area is 99.2 Å². The van der Waals surface area contributed by atoms with E-state index in [4.69, 9.17) is 0 Å². The highest BCUT2D eigenvalue weighted by Crippen LogP contribution is 2.28. The average molecular weight is 223 g/mol. The Morgan fingerprint density at radius 2 is 2.19 bits per heavy atom. The molecule has 1 atom stereocenters. The van der Waals surface area contributed by atoms with E-state index in [1.54, 1.807) is 0 Å². The molecule has 1 N–H and O–H groups in total. The monoisotopic (exact) mass is 223 g/mol. The van der Waals surface area contributed by atoms with Crippen LogP contribution in [-0.4, -0.2) is 22.9 Å². The molecule has 0 spiro atoms. The number of nitrogens with one attached hydrogen (secondary N) is 1. The normalized spacial score (nSPS) is 14.1. The Hall–Kier alpha value is -0.830. The van der Waals surface area contributed by atoms with E-state index in [1.165, 1.54) is 18.5 Å². The molecule has 1 heterocycles. The van der Waals surface area contributed by atoms with Gasteiger partial charge in [-0.1, -0.05) is 13.8 Å². The topological polar surface area (TPSA) is 29.9 Å². The quantitative estimate of drug-likeness (QED) is 0.802. The molecule has 0 saturated carbocycles. The molecule has 0 fully saturated rings. The van der Waals surface area contributed by atoms with Gasteiger partial charge in [-0.3, -0.25) is 4.68 Å². The Morgan fingerprint density at radius 3 is 2.69 bits per heavy atom. The molecule has 1 aromatic heterocycles. The fourth-order valence-corrected chi connectivity index (χ4v) is 2.15. The predicted octanol–water partition coefficient (Wildman–Crippen LogP) is 2.38. The van der Waals surface area contributed by atoms with E-state index in [0.29, 0.717) is 11.5 Å². The lowest BCUT2D eigenvalue weighted by molar-refractivity contribution is 0.272. The number of hydrogen-bond acceptors (Lipinski definition) is 2. The number of hydrogen-bond donors (Lipinski definition) is 1. The maximum Gasteiger partial charge on any atom is 0.0492 e. The Balaban J connectivity index is 2.44. The molecule has 3 nitrogen and oxygen atoms in total. The number of aromatic nitrogens is 2. The van der Waals surface area contributed by atoms with E-state index in [-0.39, 0.29) is 0 Å². The van der Waals surface area contributed by atoms with Crippen molar-refractivity contribution in [3.63, 3.8) is 0 Å². The summed E-state index contributed by atoms with van der Waals surface area (Å²) in [7, 11) is 4.04. The Morgan fingerprint density at radius 1 is 1.50 bits per heavy atom. The summed E-state index contributed by atoms with van der Waals surface area (Å²) < 4.78 is 1.97. The first kappa shape index (κ1) is 13.2. The maximum absolute atomic E-state index is 4.20. The summed E-state index contributed by atoms with van der Waals surface area (Å²) in [6.45, 7) is 6.93. The Kier molecular flexibility index (Phi) is 4.54. The van der Waals surface area contributed by atoms with Crippen LogP contribution in [0.5, 0.6) is 0 Å². The van der Waals surface area contributed by atoms with Crippen LogP contribution in [0.1, 0.15) is 39.3 Å². The molecule has 16 heavy (non-hydrogen) atoms. The summed E-state index contributed by atoms with van der Waals surface area (Å²) >= 11 is 0. The van der Waals surface area contributed by atoms with Gasteiger partial charge in [0.1, 0.15) is 0 Å². The van der Waals surface area contributed by atoms with Crippen molar-refractivity contribution < 1.29 is 0 Å². The van der Waals surface area contributed by atoms with Crippen LogP contribution in [0, 0.1) is 5.41 Å². The zero-order valence-electron chi connectivity index (χ0n) is 11.2. The number of aryl methyl sites for hydroxylation is 2. The highest BCUT2D eigenvalue weighted by molar-refractivity contribution is 5.00. The van der Waals surface area contributed by atoms with Crippen molar-refractivity contribution in [2.45, 2.75) is 46.1 Å². The van der Waals surface area contributed by atoms with Gasteiger partial charge in [0.05, 0.1) is 0 Å². The lowest BCUT2D eigenvalue weighted by atomic mass is 9.81. The molecule has 0 aliphatic carbocycles. The van der Waals surface area contributed by atoms with Gasteiger partial charge in [0, 0.05) is 25.0 Å². The van der Waals surface area contributed by atoms with Crippen molar-refractivity contribution in [1.82, 2.24) is 15.1 Å². The second-order valence-electron chi connectivity index (χ2n) is 5.50. The van der Waals surface area contributed by atoms with E-state index in [0.717, 1.165) is 6.42 Å². The summed E-state index contributed by atoms with van der Waals surface area (Å²) in [5, 5.41) is 7.51. The van der Waals surface area contributed by atoms with E-state index in [2.05, 4.69) is 37.3 Å². The lowest BCUT2D eigenvalue weighted by Crippen LogP contribution is -2.28. The first-order chi connectivity index (χ1) is 7.44. The number of nitrogens with zero attached hydrogens (tertiary/aromatic N) is 2. The van der Waals surface area contributed by atoms with Gasteiger partial charge in [-0.05, 0) is 44.7 Å². The first-order valence-electron chi connectivity index (χ1n) is 6.09. The minimum atomic E-state index is 0.382. The predicted molar refractivity (Wildman–Crippen MR) is 68.4 cm³/mol. The molecular formula is C13H25N3. The SMILES string of the molecule is CNC(C)CC(C)(C)CCc1ccnn1C. The average Bonchev–Trinajstić information content (AvgIpc) is 2.60. The highest BCUT2D eigenvalue weighted by atomic mass is 15.2. The van der Waals surface area contributed by atoms with Gasteiger partial charge >= 0.3 is 0 Å². The molecule has 1 unspecified atom stereocenters. The molecule has 1 rings (SSSR count). The molecule has 0 bridgehead atoms. The summed E-state index contributed by atoms with van der Waals surface area (Å²) in [6, 6.07) is 2.69. The third-order valence-electron chi connectivity index (χ3n) is 3.33. The standard InChI is InChI=1S/C13H25N3/c1-11(14-4)10-13(2,3)8-6-12-7-9-15-16(12)5/h7,9,11,14H,6,8,10H2,1-5H3. The number of rotatable bonds is 6. The van der Waals surface area contributed by atoms with E-state index in [9.17, 15) is 0 Å². The van der Waals surface area contributed by atoms with Gasteiger partial charge in [0.15, 0.2) is 0 Å². The minimum Gasteiger partial charge on any atom is -0.317 e. The molecule has 0 aliphatic heterocycles. The molecule has 92 valence electrons. The van der Waals surface area contributed by atoms with Crippen LogP contribution in [0.2, 0.25) is 0 Å². The maximum atomic E-state index is 4.20. The molecular weight excluding hydrogens is 198 g/mol. The second-order valence-corrected chi connectivity index (χ2v) is 5.50. The van der Waals surface area contributed by atoms with Crippen molar-refractivity contribution in [3.05, 3.63) is 18.0 Å². The van der Waals surface area contributed by atoms with E-state index < -0.39 is 0 Å². The molecule has 0 aliphatic rings. The van der Waals surface area contributed by atoms with Gasteiger partial charge in [0.2, 0.25) is 0 Å². The second kappa shape index (κ2) is 5.48. The fraction of sp³-hybridized carbons (Fsp3) is 0.769. The first-order valence-corrected chi connectivity index (χ1v) is 6.09. The third kappa shape index (κ3) is 3.97. The Bertz CT molecular complexity index is 315. The van der Waals surface area contributed by atoms with Gasteiger partial charge in [-0.2, -0.15) is 5.10 Å².